The van der Waals surface area contributed by atoms with Crippen molar-refractivity contribution in [1.82, 2.24) is 10.7 Å². The first-order valence-corrected chi connectivity index (χ1v) is 9.45. The van der Waals surface area contributed by atoms with Crippen LogP contribution in [-0.2, 0) is 9.59 Å². The third-order valence-corrected chi connectivity index (χ3v) is 4.49. The molecule has 0 aliphatic heterocycles. The van der Waals surface area contributed by atoms with E-state index in [2.05, 4.69) is 57.0 Å². The summed E-state index contributed by atoms with van der Waals surface area (Å²) < 4.78 is 0.877. The van der Waals surface area contributed by atoms with Crippen LogP contribution in [0.5, 0.6) is 0 Å². The molecule has 27 heavy (non-hydrogen) atoms. The minimum Gasteiger partial charge on any atom is -0.355 e. The molecule has 2 amide bonds. The average Bonchev–Trinajstić information content (AvgIpc) is 2.65. The molecule has 2 rings (SSSR count). The molecule has 0 heterocycles. The van der Waals surface area contributed by atoms with Gasteiger partial charge in [-0.1, -0.05) is 35.0 Å². The molecule has 0 unspecified atom stereocenters. The highest BCUT2D eigenvalue weighted by molar-refractivity contribution is 9.10. The van der Waals surface area contributed by atoms with Crippen LogP contribution in [-0.4, -0.2) is 24.6 Å². The van der Waals surface area contributed by atoms with E-state index in [-0.39, 0.29) is 0 Å². The number of carbonyl (C=O) groups is 2. The number of hydrogen-bond acceptors (Lipinski definition) is 4. The largest absolute Gasteiger partial charge is 0.355 e. The van der Waals surface area contributed by atoms with Gasteiger partial charge < -0.3 is 10.6 Å². The zero-order valence-electron chi connectivity index (χ0n) is 15.6. The Morgan fingerprint density at radius 3 is 2.63 bits per heavy atom. The molecule has 0 aliphatic rings. The predicted molar refractivity (Wildman–Crippen MR) is 112 cm³/mol. The molecule has 0 radical (unpaired) electrons. The van der Waals surface area contributed by atoms with Crippen molar-refractivity contribution in [1.29, 1.82) is 0 Å². The smallest absolute Gasteiger partial charge is 0.329 e. The Hall–Kier alpha value is -2.67. The van der Waals surface area contributed by atoms with Gasteiger partial charge in [0.25, 0.3) is 0 Å². The van der Waals surface area contributed by atoms with E-state index in [1.165, 1.54) is 11.8 Å². The van der Waals surface area contributed by atoms with Crippen LogP contribution in [0, 0.1) is 13.8 Å². The summed E-state index contributed by atoms with van der Waals surface area (Å²) >= 11 is 3.44. The standard InChI is InChI=1S/C20H23BrN4O2/c1-4-10-22-19(26)20(27)25-23-12-15-11-16(21)8-9-18(15)24-17-7-5-6-13(2)14(17)3/h5-9,11-12,24H,4,10H2,1-3H3,(H,22,26)(H,25,27)/b23-12-. The summed E-state index contributed by atoms with van der Waals surface area (Å²) in [5.41, 5.74) is 7.19. The van der Waals surface area contributed by atoms with Crippen LogP contribution < -0.4 is 16.1 Å². The molecule has 0 bridgehead atoms. The number of amides is 2. The van der Waals surface area contributed by atoms with Gasteiger partial charge in [-0.05, 0) is 55.7 Å². The normalized spacial score (nSPS) is 10.7. The van der Waals surface area contributed by atoms with Crippen molar-refractivity contribution in [2.75, 3.05) is 11.9 Å². The van der Waals surface area contributed by atoms with Crippen LogP contribution in [0.4, 0.5) is 11.4 Å². The minimum absolute atomic E-state index is 0.450. The van der Waals surface area contributed by atoms with Crippen molar-refractivity contribution >= 4 is 45.3 Å². The molecular weight excluding hydrogens is 408 g/mol. The fourth-order valence-electron chi connectivity index (χ4n) is 2.32. The van der Waals surface area contributed by atoms with E-state index in [1.807, 2.05) is 37.3 Å². The first kappa shape index (κ1) is 20.6. The molecule has 0 saturated heterocycles. The quantitative estimate of drug-likeness (QED) is 0.370. The Kier molecular flexibility index (Phi) is 7.55. The van der Waals surface area contributed by atoms with Gasteiger partial charge in [0.15, 0.2) is 0 Å². The van der Waals surface area contributed by atoms with Crippen LogP contribution in [0.15, 0.2) is 46.0 Å². The van der Waals surface area contributed by atoms with E-state index in [1.54, 1.807) is 0 Å². The second-order valence-corrected chi connectivity index (χ2v) is 6.97. The molecule has 3 N–H and O–H groups in total. The number of hydrazone groups is 1. The van der Waals surface area contributed by atoms with Gasteiger partial charge in [0.05, 0.1) is 6.21 Å². The Bertz CT molecular complexity index is 865. The van der Waals surface area contributed by atoms with E-state index in [0.29, 0.717) is 6.54 Å². The van der Waals surface area contributed by atoms with Gasteiger partial charge in [0.2, 0.25) is 0 Å². The average molecular weight is 431 g/mol. The van der Waals surface area contributed by atoms with Crippen molar-refractivity contribution in [3.05, 3.63) is 57.6 Å². The molecule has 142 valence electrons. The van der Waals surface area contributed by atoms with Crippen molar-refractivity contribution in [3.63, 3.8) is 0 Å². The fourth-order valence-corrected chi connectivity index (χ4v) is 2.69. The van der Waals surface area contributed by atoms with Gasteiger partial charge in [-0.2, -0.15) is 5.10 Å². The lowest BCUT2D eigenvalue weighted by Gasteiger charge is -2.13. The second-order valence-electron chi connectivity index (χ2n) is 6.06. The Morgan fingerprint density at radius 2 is 1.89 bits per heavy atom. The second kappa shape index (κ2) is 9.87. The maximum atomic E-state index is 11.7. The third kappa shape index (κ3) is 5.92. The Balaban J connectivity index is 2.15. The summed E-state index contributed by atoms with van der Waals surface area (Å²) in [5.74, 6) is -1.49. The highest BCUT2D eigenvalue weighted by Gasteiger charge is 2.11. The van der Waals surface area contributed by atoms with E-state index < -0.39 is 11.8 Å². The van der Waals surface area contributed by atoms with Gasteiger partial charge >= 0.3 is 11.8 Å². The molecule has 0 fully saturated rings. The van der Waals surface area contributed by atoms with Crippen LogP contribution in [0.25, 0.3) is 0 Å². The summed E-state index contributed by atoms with van der Waals surface area (Å²) in [4.78, 5) is 23.3. The van der Waals surface area contributed by atoms with E-state index >= 15 is 0 Å². The van der Waals surface area contributed by atoms with Crippen molar-refractivity contribution in [2.24, 2.45) is 5.10 Å². The Morgan fingerprint density at radius 1 is 1.11 bits per heavy atom. The lowest BCUT2D eigenvalue weighted by atomic mass is 10.1. The number of anilines is 2. The van der Waals surface area contributed by atoms with Crippen LogP contribution >= 0.6 is 15.9 Å². The van der Waals surface area contributed by atoms with Crippen LogP contribution in [0.1, 0.15) is 30.0 Å². The zero-order valence-corrected chi connectivity index (χ0v) is 17.2. The number of hydrogen-bond donors (Lipinski definition) is 3. The van der Waals surface area contributed by atoms with Crippen molar-refractivity contribution in [3.8, 4) is 0 Å². The molecule has 6 nitrogen and oxygen atoms in total. The molecular formula is C20H23BrN4O2. The van der Waals surface area contributed by atoms with Crippen molar-refractivity contribution in [2.45, 2.75) is 27.2 Å². The fraction of sp³-hybridized carbons (Fsp3) is 0.250. The molecule has 0 aromatic heterocycles. The number of rotatable bonds is 6. The third-order valence-electron chi connectivity index (χ3n) is 4.00. The SMILES string of the molecule is CCCNC(=O)C(=O)N/N=C\c1cc(Br)ccc1Nc1cccc(C)c1C. The summed E-state index contributed by atoms with van der Waals surface area (Å²) in [7, 11) is 0. The molecule has 0 atom stereocenters. The van der Waals surface area contributed by atoms with E-state index in [0.717, 1.165) is 33.4 Å². The number of halogens is 1. The van der Waals surface area contributed by atoms with Crippen LogP contribution in [0.3, 0.4) is 0 Å². The van der Waals surface area contributed by atoms with Gasteiger partial charge in [-0.25, -0.2) is 5.43 Å². The summed E-state index contributed by atoms with van der Waals surface area (Å²) in [6, 6.07) is 11.8. The molecule has 7 heteroatoms. The highest BCUT2D eigenvalue weighted by Crippen LogP contribution is 2.26. The minimum atomic E-state index is -0.793. The number of nitrogens with one attached hydrogen (secondary N) is 3. The lowest BCUT2D eigenvalue weighted by Crippen LogP contribution is -2.38. The highest BCUT2D eigenvalue weighted by atomic mass is 79.9. The maximum Gasteiger partial charge on any atom is 0.329 e. The molecule has 0 saturated carbocycles. The first-order valence-electron chi connectivity index (χ1n) is 8.66. The molecule has 0 aliphatic carbocycles. The topological polar surface area (TPSA) is 82.6 Å². The van der Waals surface area contributed by atoms with Gasteiger partial charge in [0, 0.05) is 28.0 Å². The number of carbonyl (C=O) groups excluding carboxylic acids is 2. The van der Waals surface area contributed by atoms with Gasteiger partial charge in [0.1, 0.15) is 0 Å². The maximum absolute atomic E-state index is 11.7. The molecule has 2 aromatic carbocycles. The van der Waals surface area contributed by atoms with Gasteiger partial charge in [-0.3, -0.25) is 9.59 Å². The number of nitrogens with zero attached hydrogens (tertiary/aromatic N) is 1. The summed E-state index contributed by atoms with van der Waals surface area (Å²) in [6.07, 6.45) is 2.26. The van der Waals surface area contributed by atoms with E-state index in [9.17, 15) is 9.59 Å². The number of benzene rings is 2. The first-order chi connectivity index (χ1) is 12.9. The predicted octanol–water partition coefficient (Wildman–Crippen LogP) is 3.79. The number of aryl methyl sites for hydroxylation is 1. The Labute approximate surface area is 167 Å². The van der Waals surface area contributed by atoms with Crippen molar-refractivity contribution < 1.29 is 9.59 Å². The monoisotopic (exact) mass is 430 g/mol. The summed E-state index contributed by atoms with van der Waals surface area (Å²) in [6.45, 7) is 6.47. The molecule has 0 spiro atoms. The summed E-state index contributed by atoms with van der Waals surface area (Å²) in [5, 5.41) is 9.80. The lowest BCUT2D eigenvalue weighted by molar-refractivity contribution is -0.139. The zero-order chi connectivity index (χ0) is 19.8. The van der Waals surface area contributed by atoms with Crippen LogP contribution in [0.2, 0.25) is 0 Å². The molecule has 2 aromatic rings. The van der Waals surface area contributed by atoms with E-state index in [4.69, 9.17) is 0 Å². The van der Waals surface area contributed by atoms with Gasteiger partial charge in [-0.15, -0.1) is 0 Å².